The second-order valence-electron chi connectivity index (χ2n) is 7.69. The van der Waals surface area contributed by atoms with Crippen LogP contribution in [0.2, 0.25) is 5.02 Å². The zero-order valence-electron chi connectivity index (χ0n) is 17.5. The smallest absolute Gasteiger partial charge is 0.295 e. The first-order valence-corrected chi connectivity index (χ1v) is 10.9. The average Bonchev–Trinajstić information content (AvgIpc) is 3.38. The van der Waals surface area contributed by atoms with Gasteiger partial charge in [-0.15, -0.1) is 0 Å². The molecule has 2 fully saturated rings. The summed E-state index contributed by atoms with van der Waals surface area (Å²) in [4.78, 5) is 27.3. The summed E-state index contributed by atoms with van der Waals surface area (Å²) in [7, 11) is 0. The van der Waals surface area contributed by atoms with E-state index in [0.717, 1.165) is 12.8 Å². The third-order valence-corrected chi connectivity index (χ3v) is 5.98. The Balaban J connectivity index is 1.84. The van der Waals surface area contributed by atoms with Crippen LogP contribution in [0, 0.1) is 5.82 Å². The first-order chi connectivity index (χ1) is 15.4. The van der Waals surface area contributed by atoms with Gasteiger partial charge in [0.25, 0.3) is 11.7 Å². The Kier molecular flexibility index (Phi) is 6.48. The van der Waals surface area contributed by atoms with Crippen LogP contribution in [0.25, 0.3) is 5.76 Å². The Morgan fingerprint density at radius 2 is 2.06 bits per heavy atom. The molecule has 2 saturated heterocycles. The summed E-state index contributed by atoms with van der Waals surface area (Å²) in [5.41, 5.74) is 0.197. The molecule has 168 valence electrons. The van der Waals surface area contributed by atoms with Gasteiger partial charge in [-0.05, 0) is 44.0 Å². The van der Waals surface area contributed by atoms with Crippen LogP contribution in [0.15, 0.2) is 48.0 Å². The van der Waals surface area contributed by atoms with Gasteiger partial charge in [-0.1, -0.05) is 29.8 Å². The lowest BCUT2D eigenvalue weighted by molar-refractivity contribution is -0.140. The summed E-state index contributed by atoms with van der Waals surface area (Å²) in [5.74, 6) is -2.33. The molecule has 0 aromatic heterocycles. The highest BCUT2D eigenvalue weighted by atomic mass is 35.5. The van der Waals surface area contributed by atoms with Gasteiger partial charge in [-0.2, -0.15) is 0 Å². The van der Waals surface area contributed by atoms with Gasteiger partial charge in [0.2, 0.25) is 0 Å². The van der Waals surface area contributed by atoms with E-state index in [0.29, 0.717) is 24.0 Å². The minimum Gasteiger partial charge on any atom is -0.507 e. The van der Waals surface area contributed by atoms with Gasteiger partial charge in [0.15, 0.2) is 0 Å². The van der Waals surface area contributed by atoms with Crippen molar-refractivity contribution < 1.29 is 28.6 Å². The van der Waals surface area contributed by atoms with Crippen molar-refractivity contribution in [3.63, 3.8) is 0 Å². The first kappa shape index (κ1) is 22.3. The molecule has 32 heavy (non-hydrogen) atoms. The molecule has 8 heteroatoms. The van der Waals surface area contributed by atoms with Crippen molar-refractivity contribution >= 4 is 29.1 Å². The molecule has 4 rings (SSSR count). The zero-order valence-corrected chi connectivity index (χ0v) is 18.3. The number of halogens is 2. The summed E-state index contributed by atoms with van der Waals surface area (Å²) in [6.07, 6.45) is 1.34. The molecule has 0 saturated carbocycles. The molecule has 0 bridgehead atoms. The molecule has 0 spiro atoms. The number of benzene rings is 2. The fourth-order valence-corrected chi connectivity index (χ4v) is 4.34. The van der Waals surface area contributed by atoms with E-state index < -0.39 is 29.3 Å². The molecule has 1 amide bonds. The fourth-order valence-electron chi connectivity index (χ4n) is 4.17. The second-order valence-corrected chi connectivity index (χ2v) is 8.09. The van der Waals surface area contributed by atoms with Crippen LogP contribution in [0.3, 0.4) is 0 Å². The molecule has 6 nitrogen and oxygen atoms in total. The lowest BCUT2D eigenvalue weighted by Gasteiger charge is -2.27. The fraction of sp³-hybridized carbons (Fsp3) is 0.333. The van der Waals surface area contributed by atoms with E-state index in [1.807, 2.05) is 0 Å². The molecule has 2 aliphatic rings. The van der Waals surface area contributed by atoms with Gasteiger partial charge in [0.1, 0.15) is 17.3 Å². The number of ketones is 1. The number of carbonyl (C=O) groups excluding carboxylic acids is 2. The number of nitrogens with zero attached hydrogens (tertiary/aromatic N) is 1. The van der Waals surface area contributed by atoms with E-state index in [1.165, 1.54) is 41.3 Å². The highest BCUT2D eigenvalue weighted by Crippen LogP contribution is 2.41. The summed E-state index contributed by atoms with van der Waals surface area (Å²) >= 11 is 6.14. The maximum absolute atomic E-state index is 14.8. The SMILES string of the molecule is CCOc1cc(/C(O)=C2\C(=O)C(=O)N(CC3CCCO3)C2c2ccccc2F)ccc1Cl. The predicted molar refractivity (Wildman–Crippen MR) is 117 cm³/mol. The number of aliphatic hydroxyl groups is 1. The van der Waals surface area contributed by atoms with E-state index in [9.17, 15) is 19.1 Å². The lowest BCUT2D eigenvalue weighted by atomic mass is 9.94. The number of ether oxygens (including phenoxy) is 2. The maximum Gasteiger partial charge on any atom is 0.295 e. The molecule has 2 aromatic rings. The van der Waals surface area contributed by atoms with E-state index >= 15 is 0 Å². The van der Waals surface area contributed by atoms with Gasteiger partial charge in [0.05, 0.1) is 29.3 Å². The number of likely N-dealkylation sites (tertiary alicyclic amines) is 1. The Morgan fingerprint density at radius 3 is 2.75 bits per heavy atom. The van der Waals surface area contributed by atoms with Crippen molar-refractivity contribution in [3.8, 4) is 5.75 Å². The summed E-state index contributed by atoms with van der Waals surface area (Å²) in [5, 5.41) is 11.5. The minimum absolute atomic E-state index is 0.130. The standard InChI is InChI=1S/C24H23ClFNO5/c1-2-31-19-12-14(9-10-17(19)25)22(28)20-21(16-7-3-4-8-18(16)26)27(24(30)23(20)29)13-15-6-5-11-32-15/h3-4,7-10,12,15,21,28H,2,5-6,11,13H2,1H3/b22-20+. The van der Waals surface area contributed by atoms with Gasteiger partial charge < -0.3 is 19.5 Å². The molecule has 2 atom stereocenters. The molecule has 2 unspecified atom stereocenters. The Morgan fingerprint density at radius 1 is 1.28 bits per heavy atom. The maximum atomic E-state index is 14.8. The first-order valence-electron chi connectivity index (χ1n) is 10.5. The molecule has 0 radical (unpaired) electrons. The Hall–Kier alpha value is -2.90. The molecular weight excluding hydrogens is 437 g/mol. The number of hydrogen-bond acceptors (Lipinski definition) is 5. The topological polar surface area (TPSA) is 76.1 Å². The number of rotatable bonds is 6. The quantitative estimate of drug-likeness (QED) is 0.391. The third kappa shape index (κ3) is 4.10. The van der Waals surface area contributed by atoms with Crippen LogP contribution < -0.4 is 4.74 Å². The van der Waals surface area contributed by atoms with Crippen LogP contribution in [0.5, 0.6) is 5.75 Å². The van der Waals surface area contributed by atoms with Crippen molar-refractivity contribution in [3.05, 3.63) is 70.0 Å². The van der Waals surface area contributed by atoms with Crippen molar-refractivity contribution in [2.24, 2.45) is 0 Å². The zero-order chi connectivity index (χ0) is 22.8. The van der Waals surface area contributed by atoms with E-state index in [2.05, 4.69) is 0 Å². The van der Waals surface area contributed by atoms with Crippen molar-refractivity contribution in [2.75, 3.05) is 19.8 Å². The van der Waals surface area contributed by atoms with E-state index in [1.54, 1.807) is 13.0 Å². The number of carbonyl (C=O) groups is 2. The number of amides is 1. The monoisotopic (exact) mass is 459 g/mol. The van der Waals surface area contributed by atoms with Crippen molar-refractivity contribution in [2.45, 2.75) is 31.9 Å². The van der Waals surface area contributed by atoms with Crippen molar-refractivity contribution in [1.82, 2.24) is 4.90 Å². The molecule has 2 heterocycles. The van der Waals surface area contributed by atoms with Crippen LogP contribution >= 0.6 is 11.6 Å². The van der Waals surface area contributed by atoms with Crippen LogP contribution in [0.4, 0.5) is 4.39 Å². The van der Waals surface area contributed by atoms with E-state index in [-0.39, 0.29) is 29.3 Å². The summed E-state index contributed by atoms with van der Waals surface area (Å²) in [6.45, 7) is 2.84. The lowest BCUT2D eigenvalue weighted by Crippen LogP contribution is -2.36. The number of aliphatic hydroxyl groups excluding tert-OH is 1. The number of Topliss-reactive ketones (excluding diaryl/α,β-unsaturated/α-hetero) is 1. The minimum atomic E-state index is -1.08. The highest BCUT2D eigenvalue weighted by molar-refractivity contribution is 6.46. The molecule has 2 aliphatic heterocycles. The van der Waals surface area contributed by atoms with Crippen LogP contribution in [0.1, 0.15) is 36.9 Å². The van der Waals surface area contributed by atoms with E-state index in [4.69, 9.17) is 21.1 Å². The van der Waals surface area contributed by atoms with Crippen LogP contribution in [-0.2, 0) is 14.3 Å². The molecule has 0 aliphatic carbocycles. The summed E-state index contributed by atoms with van der Waals surface area (Å²) < 4.78 is 25.9. The predicted octanol–water partition coefficient (Wildman–Crippen LogP) is 4.48. The largest absolute Gasteiger partial charge is 0.507 e. The second kappa shape index (κ2) is 9.30. The van der Waals surface area contributed by atoms with Crippen molar-refractivity contribution in [1.29, 1.82) is 0 Å². The summed E-state index contributed by atoms with van der Waals surface area (Å²) in [6, 6.07) is 9.39. The van der Waals surface area contributed by atoms with Gasteiger partial charge in [-0.3, -0.25) is 9.59 Å². The molecule has 2 aromatic carbocycles. The van der Waals surface area contributed by atoms with Crippen LogP contribution in [-0.4, -0.2) is 47.6 Å². The van der Waals surface area contributed by atoms with Gasteiger partial charge in [-0.25, -0.2) is 4.39 Å². The molecule has 1 N–H and O–H groups in total. The number of hydrogen-bond donors (Lipinski definition) is 1. The average molecular weight is 460 g/mol. The van der Waals surface area contributed by atoms with Gasteiger partial charge in [0, 0.05) is 24.3 Å². The Labute approximate surface area is 190 Å². The Bertz CT molecular complexity index is 1080. The van der Waals surface area contributed by atoms with Gasteiger partial charge >= 0.3 is 0 Å². The third-order valence-electron chi connectivity index (χ3n) is 5.67. The molecular formula is C24H23ClFNO5. The highest BCUT2D eigenvalue weighted by Gasteiger charge is 2.47. The normalized spacial score (nSPS) is 22.5.